The SMILES string of the molecule is CC(NCc1ccc(O)cc1)c1ccc(F)c(Cl)c1. The van der Waals surface area contributed by atoms with Crippen molar-refractivity contribution in [1.82, 2.24) is 5.32 Å². The average molecular weight is 280 g/mol. The predicted octanol–water partition coefficient (Wildman–Crippen LogP) is 4.04. The molecular formula is C15H15ClFNO. The molecule has 0 aliphatic heterocycles. The average Bonchev–Trinajstić information content (AvgIpc) is 2.41. The first kappa shape index (κ1) is 13.8. The largest absolute Gasteiger partial charge is 0.508 e. The van der Waals surface area contributed by atoms with Gasteiger partial charge in [0.1, 0.15) is 11.6 Å². The van der Waals surface area contributed by atoms with E-state index in [1.54, 1.807) is 24.3 Å². The van der Waals surface area contributed by atoms with E-state index in [0.717, 1.165) is 11.1 Å². The van der Waals surface area contributed by atoms with Crippen molar-refractivity contribution in [3.05, 3.63) is 64.4 Å². The van der Waals surface area contributed by atoms with E-state index in [1.165, 1.54) is 6.07 Å². The Labute approximate surface area is 116 Å². The summed E-state index contributed by atoms with van der Waals surface area (Å²) in [5.74, 6) is -0.154. The molecule has 2 aromatic carbocycles. The molecule has 0 spiro atoms. The zero-order valence-electron chi connectivity index (χ0n) is 10.5. The molecule has 0 radical (unpaired) electrons. The van der Waals surface area contributed by atoms with Gasteiger partial charge in [-0.3, -0.25) is 0 Å². The van der Waals surface area contributed by atoms with Crippen LogP contribution in [0, 0.1) is 5.82 Å². The number of phenols is 1. The summed E-state index contributed by atoms with van der Waals surface area (Å²) >= 11 is 5.76. The molecule has 2 aromatic rings. The van der Waals surface area contributed by atoms with Crippen LogP contribution in [0.5, 0.6) is 5.75 Å². The van der Waals surface area contributed by atoms with Crippen molar-refractivity contribution < 1.29 is 9.50 Å². The Morgan fingerprint density at radius 1 is 1.21 bits per heavy atom. The fourth-order valence-corrected chi connectivity index (χ4v) is 1.97. The van der Waals surface area contributed by atoms with Crippen molar-refractivity contribution in [3.63, 3.8) is 0 Å². The number of aromatic hydroxyl groups is 1. The molecule has 2 nitrogen and oxygen atoms in total. The number of hydrogen-bond acceptors (Lipinski definition) is 2. The number of benzene rings is 2. The summed E-state index contributed by atoms with van der Waals surface area (Å²) in [7, 11) is 0. The van der Waals surface area contributed by atoms with Crippen LogP contribution in [-0.4, -0.2) is 5.11 Å². The molecule has 1 unspecified atom stereocenters. The molecule has 4 heteroatoms. The van der Waals surface area contributed by atoms with Crippen molar-refractivity contribution >= 4 is 11.6 Å². The fourth-order valence-electron chi connectivity index (χ4n) is 1.78. The summed E-state index contributed by atoms with van der Waals surface area (Å²) in [6, 6.07) is 11.8. The second kappa shape index (κ2) is 6.04. The van der Waals surface area contributed by atoms with E-state index in [2.05, 4.69) is 5.32 Å². The van der Waals surface area contributed by atoms with Gasteiger partial charge < -0.3 is 10.4 Å². The van der Waals surface area contributed by atoms with Gasteiger partial charge in [-0.1, -0.05) is 29.8 Å². The van der Waals surface area contributed by atoms with Gasteiger partial charge in [0.25, 0.3) is 0 Å². The lowest BCUT2D eigenvalue weighted by Gasteiger charge is -2.15. The number of rotatable bonds is 4. The summed E-state index contributed by atoms with van der Waals surface area (Å²) in [4.78, 5) is 0. The van der Waals surface area contributed by atoms with Crippen LogP contribution in [0.1, 0.15) is 24.1 Å². The summed E-state index contributed by atoms with van der Waals surface area (Å²) < 4.78 is 13.1. The third kappa shape index (κ3) is 3.69. The molecule has 2 rings (SSSR count). The van der Waals surface area contributed by atoms with E-state index in [4.69, 9.17) is 11.6 Å². The monoisotopic (exact) mass is 279 g/mol. The van der Waals surface area contributed by atoms with Crippen molar-refractivity contribution in [2.45, 2.75) is 19.5 Å². The zero-order valence-corrected chi connectivity index (χ0v) is 11.3. The van der Waals surface area contributed by atoms with Gasteiger partial charge >= 0.3 is 0 Å². The number of phenolic OH excluding ortho intramolecular Hbond substituents is 1. The molecule has 100 valence electrons. The fraction of sp³-hybridized carbons (Fsp3) is 0.200. The van der Waals surface area contributed by atoms with E-state index < -0.39 is 5.82 Å². The van der Waals surface area contributed by atoms with E-state index in [1.807, 2.05) is 19.1 Å². The quantitative estimate of drug-likeness (QED) is 0.885. The van der Waals surface area contributed by atoms with E-state index in [0.29, 0.717) is 6.54 Å². The number of halogens is 2. The smallest absolute Gasteiger partial charge is 0.141 e. The topological polar surface area (TPSA) is 32.3 Å². The lowest BCUT2D eigenvalue weighted by Crippen LogP contribution is -2.18. The van der Waals surface area contributed by atoms with Crippen LogP contribution < -0.4 is 5.32 Å². The summed E-state index contributed by atoms with van der Waals surface area (Å²) in [5, 5.41) is 12.7. The Morgan fingerprint density at radius 2 is 1.89 bits per heavy atom. The maximum Gasteiger partial charge on any atom is 0.141 e. The lowest BCUT2D eigenvalue weighted by molar-refractivity contribution is 0.474. The predicted molar refractivity (Wildman–Crippen MR) is 74.8 cm³/mol. The van der Waals surface area contributed by atoms with Crippen LogP contribution in [-0.2, 0) is 6.54 Å². The molecule has 19 heavy (non-hydrogen) atoms. The van der Waals surface area contributed by atoms with Crippen molar-refractivity contribution in [3.8, 4) is 5.75 Å². The van der Waals surface area contributed by atoms with Crippen molar-refractivity contribution in [1.29, 1.82) is 0 Å². The molecular weight excluding hydrogens is 265 g/mol. The third-order valence-electron chi connectivity index (χ3n) is 2.99. The maximum absolute atomic E-state index is 13.1. The first-order valence-electron chi connectivity index (χ1n) is 6.02. The molecule has 0 fully saturated rings. The van der Waals surface area contributed by atoms with E-state index in [9.17, 15) is 9.50 Å². The molecule has 0 saturated carbocycles. The van der Waals surface area contributed by atoms with E-state index >= 15 is 0 Å². The maximum atomic E-state index is 13.1. The first-order chi connectivity index (χ1) is 9.06. The minimum atomic E-state index is -0.406. The van der Waals surface area contributed by atoms with Gasteiger partial charge in [0.05, 0.1) is 5.02 Å². The summed E-state index contributed by atoms with van der Waals surface area (Å²) in [6.07, 6.45) is 0. The normalized spacial score (nSPS) is 12.4. The van der Waals surface area contributed by atoms with Gasteiger partial charge in [0.15, 0.2) is 0 Å². The van der Waals surface area contributed by atoms with Crippen LogP contribution in [0.2, 0.25) is 5.02 Å². The Morgan fingerprint density at radius 3 is 2.53 bits per heavy atom. The minimum Gasteiger partial charge on any atom is -0.508 e. The van der Waals surface area contributed by atoms with Crippen LogP contribution in [0.4, 0.5) is 4.39 Å². The molecule has 0 aromatic heterocycles. The van der Waals surface area contributed by atoms with Crippen molar-refractivity contribution in [2.75, 3.05) is 0 Å². The Kier molecular flexibility index (Phi) is 4.40. The molecule has 0 bridgehead atoms. The molecule has 1 atom stereocenters. The first-order valence-corrected chi connectivity index (χ1v) is 6.40. The van der Waals surface area contributed by atoms with E-state index in [-0.39, 0.29) is 16.8 Å². The molecule has 0 heterocycles. The van der Waals surface area contributed by atoms with Crippen LogP contribution in [0.15, 0.2) is 42.5 Å². The van der Waals surface area contributed by atoms with Crippen molar-refractivity contribution in [2.24, 2.45) is 0 Å². The molecule has 0 saturated heterocycles. The number of hydrogen-bond donors (Lipinski definition) is 2. The minimum absolute atomic E-state index is 0.0619. The third-order valence-corrected chi connectivity index (χ3v) is 3.28. The highest BCUT2D eigenvalue weighted by Crippen LogP contribution is 2.21. The molecule has 0 aliphatic carbocycles. The highest BCUT2D eigenvalue weighted by Gasteiger charge is 2.07. The molecule has 0 amide bonds. The summed E-state index contributed by atoms with van der Waals surface area (Å²) in [6.45, 7) is 2.65. The summed E-state index contributed by atoms with van der Waals surface area (Å²) in [5.41, 5.74) is 2.00. The number of nitrogens with one attached hydrogen (secondary N) is 1. The Balaban J connectivity index is 1.98. The van der Waals surface area contributed by atoms with Gasteiger partial charge in [-0.15, -0.1) is 0 Å². The van der Waals surface area contributed by atoms with Crippen LogP contribution in [0.3, 0.4) is 0 Å². The second-order valence-electron chi connectivity index (χ2n) is 4.44. The lowest BCUT2D eigenvalue weighted by atomic mass is 10.1. The van der Waals surface area contributed by atoms with Gasteiger partial charge in [-0.25, -0.2) is 4.39 Å². The standard InChI is InChI=1S/C15H15ClFNO/c1-10(12-4-7-15(17)14(16)8-12)18-9-11-2-5-13(19)6-3-11/h2-8,10,18-19H,9H2,1H3. The molecule has 2 N–H and O–H groups in total. The molecule has 0 aliphatic rings. The zero-order chi connectivity index (χ0) is 13.8. The van der Waals surface area contributed by atoms with Gasteiger partial charge in [-0.2, -0.15) is 0 Å². The highest BCUT2D eigenvalue weighted by molar-refractivity contribution is 6.30. The van der Waals surface area contributed by atoms with Crippen LogP contribution in [0.25, 0.3) is 0 Å². The Bertz CT molecular complexity index is 557. The highest BCUT2D eigenvalue weighted by atomic mass is 35.5. The second-order valence-corrected chi connectivity index (χ2v) is 4.85. The van der Waals surface area contributed by atoms with Gasteiger partial charge in [0.2, 0.25) is 0 Å². The Hall–Kier alpha value is -1.58. The van der Waals surface area contributed by atoms with Gasteiger partial charge in [0, 0.05) is 12.6 Å². The van der Waals surface area contributed by atoms with Gasteiger partial charge in [-0.05, 0) is 42.3 Å². The van der Waals surface area contributed by atoms with Crippen LogP contribution >= 0.6 is 11.6 Å².